The standard InChI is InChI=1S/C15H12BrClN2O2S2/c1-21-7-6-19-10-3-2-9(16)8-12(10)23-15(19)18-14(20)11-4-5-13(17)22-11/h2-5,8H,6-7H2,1H3. The second-order valence-corrected chi connectivity index (χ2v) is 8.30. The van der Waals surface area contributed by atoms with Gasteiger partial charge in [-0.2, -0.15) is 4.99 Å². The molecule has 23 heavy (non-hydrogen) atoms. The van der Waals surface area contributed by atoms with Crippen LogP contribution in [0.3, 0.4) is 0 Å². The summed E-state index contributed by atoms with van der Waals surface area (Å²) in [4.78, 5) is 17.8. The largest absolute Gasteiger partial charge is 0.383 e. The summed E-state index contributed by atoms with van der Waals surface area (Å²) in [5, 5.41) is 0. The molecule has 0 aliphatic rings. The van der Waals surface area contributed by atoms with E-state index in [-0.39, 0.29) is 5.91 Å². The van der Waals surface area contributed by atoms with Gasteiger partial charge in [-0.1, -0.05) is 38.9 Å². The molecule has 2 heterocycles. The van der Waals surface area contributed by atoms with Crippen LogP contribution in [0.1, 0.15) is 9.67 Å². The number of thiophene rings is 1. The summed E-state index contributed by atoms with van der Waals surface area (Å²) in [5.74, 6) is -0.279. The molecule has 0 spiro atoms. The van der Waals surface area contributed by atoms with Gasteiger partial charge in [0, 0.05) is 18.1 Å². The molecule has 8 heteroatoms. The van der Waals surface area contributed by atoms with Gasteiger partial charge in [-0.05, 0) is 30.3 Å². The zero-order valence-electron chi connectivity index (χ0n) is 12.1. The van der Waals surface area contributed by atoms with Crippen molar-refractivity contribution in [2.24, 2.45) is 4.99 Å². The first-order valence-electron chi connectivity index (χ1n) is 6.70. The lowest BCUT2D eigenvalue weighted by molar-refractivity contribution is 0.100. The molecule has 0 N–H and O–H groups in total. The number of hydrogen-bond acceptors (Lipinski definition) is 4. The molecule has 3 aromatic rings. The number of halogens is 2. The summed E-state index contributed by atoms with van der Waals surface area (Å²) in [7, 11) is 1.65. The Bertz CT molecular complexity index is 929. The van der Waals surface area contributed by atoms with E-state index in [1.54, 1.807) is 19.2 Å². The molecule has 0 bridgehead atoms. The van der Waals surface area contributed by atoms with Crippen molar-refractivity contribution in [3.05, 3.63) is 48.8 Å². The molecule has 0 atom stereocenters. The van der Waals surface area contributed by atoms with E-state index < -0.39 is 0 Å². The maximum absolute atomic E-state index is 12.3. The van der Waals surface area contributed by atoms with Crippen LogP contribution in [0.15, 0.2) is 39.8 Å². The first-order chi connectivity index (χ1) is 11.1. The van der Waals surface area contributed by atoms with Crippen LogP contribution < -0.4 is 4.80 Å². The molecule has 1 amide bonds. The third kappa shape index (κ3) is 3.75. The molecular weight excluding hydrogens is 420 g/mol. The van der Waals surface area contributed by atoms with Crippen molar-refractivity contribution >= 4 is 66.3 Å². The molecule has 120 valence electrons. The van der Waals surface area contributed by atoms with Crippen LogP contribution in [0, 0.1) is 0 Å². The Labute approximate surface area is 154 Å². The number of carbonyl (C=O) groups excluding carboxylic acids is 1. The molecule has 0 radical (unpaired) electrons. The predicted molar refractivity (Wildman–Crippen MR) is 98.6 cm³/mol. The predicted octanol–water partition coefficient (Wildman–Crippen LogP) is 4.57. The van der Waals surface area contributed by atoms with Gasteiger partial charge in [-0.25, -0.2) is 0 Å². The number of benzene rings is 1. The summed E-state index contributed by atoms with van der Waals surface area (Å²) in [6, 6.07) is 9.41. The van der Waals surface area contributed by atoms with Crippen LogP contribution in [-0.4, -0.2) is 24.2 Å². The van der Waals surface area contributed by atoms with Gasteiger partial charge in [0.1, 0.15) is 0 Å². The van der Waals surface area contributed by atoms with E-state index in [1.807, 2.05) is 22.8 Å². The smallest absolute Gasteiger partial charge is 0.289 e. The molecule has 3 rings (SSSR count). The van der Waals surface area contributed by atoms with E-state index in [9.17, 15) is 4.79 Å². The van der Waals surface area contributed by atoms with Crippen molar-refractivity contribution in [2.45, 2.75) is 6.54 Å². The molecule has 0 saturated carbocycles. The third-order valence-electron chi connectivity index (χ3n) is 3.14. The summed E-state index contributed by atoms with van der Waals surface area (Å²) >= 11 is 12.1. The SMILES string of the molecule is COCCn1c(=NC(=O)c2ccc(Cl)s2)sc2cc(Br)ccc21. The van der Waals surface area contributed by atoms with Gasteiger partial charge < -0.3 is 9.30 Å². The Balaban J connectivity index is 2.11. The topological polar surface area (TPSA) is 43.6 Å². The second-order valence-electron chi connectivity index (χ2n) is 4.66. The number of thiazole rings is 1. The summed E-state index contributed by atoms with van der Waals surface area (Å²) < 4.78 is 9.81. The third-order valence-corrected chi connectivity index (χ3v) is 5.90. The number of aromatic nitrogens is 1. The number of nitrogens with zero attached hydrogens (tertiary/aromatic N) is 2. The molecule has 2 aromatic heterocycles. The number of hydrogen-bond donors (Lipinski definition) is 0. The van der Waals surface area contributed by atoms with Crippen molar-refractivity contribution < 1.29 is 9.53 Å². The maximum atomic E-state index is 12.3. The fourth-order valence-electron chi connectivity index (χ4n) is 2.10. The van der Waals surface area contributed by atoms with E-state index in [2.05, 4.69) is 20.9 Å². The first-order valence-corrected chi connectivity index (χ1v) is 9.51. The quantitative estimate of drug-likeness (QED) is 0.607. The highest BCUT2D eigenvalue weighted by Gasteiger charge is 2.11. The molecule has 4 nitrogen and oxygen atoms in total. The second kappa shape index (κ2) is 7.27. The van der Waals surface area contributed by atoms with Crippen molar-refractivity contribution in [3.63, 3.8) is 0 Å². The van der Waals surface area contributed by atoms with Crippen LogP contribution in [0.25, 0.3) is 10.2 Å². The average molecular weight is 432 g/mol. The highest BCUT2D eigenvalue weighted by molar-refractivity contribution is 9.10. The van der Waals surface area contributed by atoms with Crippen LogP contribution >= 0.6 is 50.2 Å². The molecular formula is C15H12BrClN2O2S2. The average Bonchev–Trinajstić information content (AvgIpc) is 3.08. The Morgan fingerprint density at radius 3 is 2.87 bits per heavy atom. The highest BCUT2D eigenvalue weighted by atomic mass is 79.9. The number of carbonyl (C=O) groups is 1. The Hall–Kier alpha value is -0.990. The monoisotopic (exact) mass is 430 g/mol. The highest BCUT2D eigenvalue weighted by Crippen LogP contribution is 2.24. The number of amides is 1. The minimum absolute atomic E-state index is 0.279. The van der Waals surface area contributed by atoms with Crippen LogP contribution in [0.4, 0.5) is 0 Å². The minimum atomic E-state index is -0.279. The summed E-state index contributed by atoms with van der Waals surface area (Å²) in [6.07, 6.45) is 0. The Kier molecular flexibility index (Phi) is 5.33. The summed E-state index contributed by atoms with van der Waals surface area (Å²) in [5.41, 5.74) is 1.03. The van der Waals surface area contributed by atoms with Crippen molar-refractivity contribution in [3.8, 4) is 0 Å². The molecule has 0 unspecified atom stereocenters. The van der Waals surface area contributed by atoms with E-state index in [4.69, 9.17) is 16.3 Å². The maximum Gasteiger partial charge on any atom is 0.289 e. The number of ether oxygens (including phenoxy) is 1. The number of methoxy groups -OCH3 is 1. The number of fused-ring (bicyclic) bond motifs is 1. The van der Waals surface area contributed by atoms with Gasteiger partial charge in [-0.15, -0.1) is 11.3 Å². The van der Waals surface area contributed by atoms with Gasteiger partial charge in [0.2, 0.25) is 0 Å². The van der Waals surface area contributed by atoms with Gasteiger partial charge in [0.05, 0.1) is 26.0 Å². The zero-order valence-corrected chi connectivity index (χ0v) is 16.1. The van der Waals surface area contributed by atoms with E-state index in [0.29, 0.717) is 27.2 Å². The lowest BCUT2D eigenvalue weighted by atomic mass is 10.3. The van der Waals surface area contributed by atoms with Gasteiger partial charge in [-0.3, -0.25) is 4.79 Å². The van der Waals surface area contributed by atoms with Gasteiger partial charge >= 0.3 is 0 Å². The fraction of sp³-hybridized carbons (Fsp3) is 0.200. The Morgan fingerprint density at radius 1 is 1.35 bits per heavy atom. The van der Waals surface area contributed by atoms with Gasteiger partial charge in [0.15, 0.2) is 4.80 Å². The molecule has 0 aliphatic heterocycles. The van der Waals surface area contributed by atoms with Crippen molar-refractivity contribution in [1.29, 1.82) is 0 Å². The molecule has 0 fully saturated rings. The lowest BCUT2D eigenvalue weighted by Crippen LogP contribution is -2.19. The lowest BCUT2D eigenvalue weighted by Gasteiger charge is -2.04. The molecule has 0 aliphatic carbocycles. The van der Waals surface area contributed by atoms with Crippen molar-refractivity contribution in [2.75, 3.05) is 13.7 Å². The molecule has 0 saturated heterocycles. The van der Waals surface area contributed by atoms with E-state index >= 15 is 0 Å². The van der Waals surface area contributed by atoms with Gasteiger partial charge in [0.25, 0.3) is 5.91 Å². The normalized spacial score (nSPS) is 12.2. The van der Waals surface area contributed by atoms with E-state index in [0.717, 1.165) is 14.7 Å². The van der Waals surface area contributed by atoms with Crippen LogP contribution in [0.5, 0.6) is 0 Å². The molecule has 1 aromatic carbocycles. The fourth-order valence-corrected chi connectivity index (χ4v) is 4.64. The Morgan fingerprint density at radius 2 is 2.17 bits per heavy atom. The summed E-state index contributed by atoms with van der Waals surface area (Å²) in [6.45, 7) is 1.18. The number of rotatable bonds is 4. The van der Waals surface area contributed by atoms with E-state index in [1.165, 1.54) is 22.7 Å². The zero-order chi connectivity index (χ0) is 16.4. The first kappa shape index (κ1) is 16.9. The minimum Gasteiger partial charge on any atom is -0.383 e. The van der Waals surface area contributed by atoms with Crippen LogP contribution in [0.2, 0.25) is 4.34 Å². The van der Waals surface area contributed by atoms with Crippen molar-refractivity contribution in [1.82, 2.24) is 4.57 Å². The van der Waals surface area contributed by atoms with Crippen LogP contribution in [-0.2, 0) is 11.3 Å².